The quantitative estimate of drug-likeness (QED) is 0.690. The summed E-state index contributed by atoms with van der Waals surface area (Å²) in [6, 6.07) is -0.386. The van der Waals surface area contributed by atoms with Gasteiger partial charge in [0.05, 0.1) is 12.6 Å². The number of rotatable bonds is 5. The van der Waals surface area contributed by atoms with E-state index in [4.69, 9.17) is 14.6 Å². The normalized spacial score (nSPS) is 20.3. The Kier molecular flexibility index (Phi) is 9.85. The second kappa shape index (κ2) is 12.4. The van der Waals surface area contributed by atoms with Crippen LogP contribution < -0.4 is 5.32 Å². The molecular weight excluding hydrogens is 396 g/mol. The first-order valence-corrected chi connectivity index (χ1v) is 10.8. The molecule has 0 bridgehead atoms. The highest BCUT2D eigenvalue weighted by Gasteiger charge is 2.33. The molecule has 3 heterocycles. The van der Waals surface area contributed by atoms with Crippen molar-refractivity contribution in [3.05, 3.63) is 16.6 Å². The molecule has 9 nitrogen and oxygen atoms in total. The molecule has 2 saturated heterocycles. The predicted molar refractivity (Wildman–Crippen MR) is 109 cm³/mol. The van der Waals surface area contributed by atoms with Crippen LogP contribution in [0, 0.1) is 5.92 Å². The SMILES string of the molecule is COC(=O)N1CCCCC1C(=O)NCC1CCN(Cc2cncs2)CC1.O=CO. The third-order valence-corrected chi connectivity index (χ3v) is 6.11. The van der Waals surface area contributed by atoms with E-state index in [1.54, 1.807) is 16.2 Å². The molecule has 0 aliphatic carbocycles. The zero-order valence-electron chi connectivity index (χ0n) is 16.8. The Bertz CT molecular complexity index is 635. The Morgan fingerprint density at radius 2 is 2.03 bits per heavy atom. The van der Waals surface area contributed by atoms with Crippen LogP contribution in [0.2, 0.25) is 0 Å². The number of likely N-dealkylation sites (tertiary alicyclic amines) is 2. The maximum absolute atomic E-state index is 12.6. The van der Waals surface area contributed by atoms with E-state index in [0.29, 0.717) is 25.4 Å². The van der Waals surface area contributed by atoms with Crippen molar-refractivity contribution in [2.24, 2.45) is 5.92 Å². The topological polar surface area (TPSA) is 112 Å². The van der Waals surface area contributed by atoms with Gasteiger partial charge in [-0.2, -0.15) is 0 Å². The van der Waals surface area contributed by atoms with E-state index in [9.17, 15) is 9.59 Å². The number of hydrogen-bond donors (Lipinski definition) is 2. The van der Waals surface area contributed by atoms with Crippen molar-refractivity contribution >= 4 is 29.8 Å². The molecule has 0 aromatic carbocycles. The van der Waals surface area contributed by atoms with E-state index in [1.807, 2.05) is 11.7 Å². The summed E-state index contributed by atoms with van der Waals surface area (Å²) < 4.78 is 4.82. The van der Waals surface area contributed by atoms with Crippen molar-refractivity contribution in [3.8, 4) is 0 Å². The van der Waals surface area contributed by atoms with Crippen LogP contribution in [0.15, 0.2) is 11.7 Å². The third-order valence-electron chi connectivity index (χ3n) is 5.35. The first-order valence-electron chi connectivity index (χ1n) is 9.88. The van der Waals surface area contributed by atoms with Gasteiger partial charge in [-0.05, 0) is 51.1 Å². The Morgan fingerprint density at radius 1 is 1.31 bits per heavy atom. The number of nitrogens with zero attached hydrogens (tertiary/aromatic N) is 3. The summed E-state index contributed by atoms with van der Waals surface area (Å²) in [5.74, 6) is 0.467. The highest BCUT2D eigenvalue weighted by Crippen LogP contribution is 2.21. The van der Waals surface area contributed by atoms with E-state index in [2.05, 4.69) is 15.2 Å². The monoisotopic (exact) mass is 426 g/mol. The molecule has 2 aliphatic heterocycles. The second-order valence-electron chi connectivity index (χ2n) is 7.21. The van der Waals surface area contributed by atoms with Gasteiger partial charge < -0.3 is 15.2 Å². The molecular formula is C19H30N4O5S. The molecule has 0 spiro atoms. The Labute approximate surface area is 175 Å². The summed E-state index contributed by atoms with van der Waals surface area (Å²) in [6.07, 6.45) is 6.33. The number of piperidine rings is 2. The number of aromatic nitrogens is 1. The molecule has 2 fully saturated rings. The zero-order valence-corrected chi connectivity index (χ0v) is 17.6. The number of methoxy groups -OCH3 is 1. The molecule has 2 N–H and O–H groups in total. The lowest BCUT2D eigenvalue weighted by molar-refractivity contribution is -0.127. The molecule has 1 aromatic heterocycles. The van der Waals surface area contributed by atoms with Crippen LogP contribution in [-0.4, -0.2) is 77.7 Å². The molecule has 1 aromatic rings. The number of thiazole rings is 1. The van der Waals surface area contributed by atoms with E-state index in [-0.39, 0.29) is 18.4 Å². The van der Waals surface area contributed by atoms with Gasteiger partial charge in [0.25, 0.3) is 6.47 Å². The van der Waals surface area contributed by atoms with Gasteiger partial charge in [-0.1, -0.05) is 0 Å². The van der Waals surface area contributed by atoms with Crippen LogP contribution in [0.1, 0.15) is 37.0 Å². The van der Waals surface area contributed by atoms with Crippen LogP contribution >= 0.6 is 11.3 Å². The Balaban J connectivity index is 0.000000941. The van der Waals surface area contributed by atoms with Gasteiger partial charge in [-0.15, -0.1) is 11.3 Å². The lowest BCUT2D eigenvalue weighted by Gasteiger charge is -2.35. The fraction of sp³-hybridized carbons (Fsp3) is 0.684. The largest absolute Gasteiger partial charge is 0.483 e. The van der Waals surface area contributed by atoms with Crippen LogP contribution in [0.4, 0.5) is 4.79 Å². The smallest absolute Gasteiger partial charge is 0.410 e. The number of nitrogens with one attached hydrogen (secondary N) is 1. The zero-order chi connectivity index (χ0) is 21.1. The van der Waals surface area contributed by atoms with Gasteiger partial charge in [-0.25, -0.2) is 4.79 Å². The van der Waals surface area contributed by atoms with Crippen molar-refractivity contribution in [2.45, 2.75) is 44.7 Å². The summed E-state index contributed by atoms with van der Waals surface area (Å²) in [6.45, 7) is 4.12. The van der Waals surface area contributed by atoms with E-state index in [0.717, 1.165) is 45.3 Å². The number of amides is 2. The van der Waals surface area contributed by atoms with Gasteiger partial charge in [0.15, 0.2) is 0 Å². The fourth-order valence-corrected chi connectivity index (χ4v) is 4.43. The average Bonchev–Trinajstić information content (AvgIpc) is 3.26. The minimum absolute atomic E-state index is 0.0396. The molecule has 2 aliphatic rings. The maximum Gasteiger partial charge on any atom is 0.410 e. The van der Waals surface area contributed by atoms with Crippen molar-refractivity contribution in [3.63, 3.8) is 0 Å². The fourth-order valence-electron chi connectivity index (χ4n) is 3.79. The molecule has 0 saturated carbocycles. The van der Waals surface area contributed by atoms with Crippen LogP contribution in [0.3, 0.4) is 0 Å². The minimum Gasteiger partial charge on any atom is -0.483 e. The number of ether oxygens (including phenoxy) is 1. The Morgan fingerprint density at radius 3 is 2.66 bits per heavy atom. The first kappa shape index (κ1) is 23.1. The second-order valence-corrected chi connectivity index (χ2v) is 8.18. The molecule has 29 heavy (non-hydrogen) atoms. The van der Waals surface area contributed by atoms with E-state index < -0.39 is 6.09 Å². The van der Waals surface area contributed by atoms with Crippen molar-refractivity contribution in [1.29, 1.82) is 0 Å². The van der Waals surface area contributed by atoms with E-state index in [1.165, 1.54) is 12.0 Å². The highest BCUT2D eigenvalue weighted by atomic mass is 32.1. The van der Waals surface area contributed by atoms with Gasteiger partial charge in [-0.3, -0.25) is 24.4 Å². The van der Waals surface area contributed by atoms with Gasteiger partial charge in [0.1, 0.15) is 6.04 Å². The highest BCUT2D eigenvalue weighted by molar-refractivity contribution is 7.09. The molecule has 0 radical (unpaired) electrons. The standard InChI is InChI=1S/C18H28N4O3S.CH2O2/c1-25-18(24)22-7-3-2-4-16(22)17(23)20-10-14-5-8-21(9-6-14)12-15-11-19-13-26-15;2-1-3/h11,13-14,16H,2-10,12H2,1H3,(H,20,23);1H,(H,2,3). The summed E-state index contributed by atoms with van der Waals surface area (Å²) >= 11 is 1.70. The minimum atomic E-state index is -0.402. The van der Waals surface area contributed by atoms with Crippen molar-refractivity contribution in [1.82, 2.24) is 20.1 Å². The van der Waals surface area contributed by atoms with Crippen LogP contribution in [-0.2, 0) is 20.9 Å². The number of carbonyl (C=O) groups is 3. The number of hydrogen-bond acceptors (Lipinski definition) is 7. The summed E-state index contributed by atoms with van der Waals surface area (Å²) in [5.41, 5.74) is 1.88. The van der Waals surface area contributed by atoms with Gasteiger partial charge in [0, 0.05) is 30.7 Å². The van der Waals surface area contributed by atoms with Crippen molar-refractivity contribution < 1.29 is 24.2 Å². The lowest BCUT2D eigenvalue weighted by Crippen LogP contribution is -2.52. The van der Waals surface area contributed by atoms with Gasteiger partial charge in [0.2, 0.25) is 5.91 Å². The molecule has 1 unspecified atom stereocenters. The molecule has 2 amide bonds. The summed E-state index contributed by atoms with van der Waals surface area (Å²) in [5, 5.41) is 9.97. The summed E-state index contributed by atoms with van der Waals surface area (Å²) in [7, 11) is 1.37. The number of carboxylic acid groups (broad SMARTS) is 1. The molecule has 1 atom stereocenters. The predicted octanol–water partition coefficient (Wildman–Crippen LogP) is 1.79. The lowest BCUT2D eigenvalue weighted by atomic mass is 9.96. The number of carbonyl (C=O) groups excluding carboxylic acids is 2. The van der Waals surface area contributed by atoms with Crippen molar-refractivity contribution in [2.75, 3.05) is 33.3 Å². The Hall–Kier alpha value is -2.20. The molecule has 162 valence electrons. The molecule has 10 heteroatoms. The van der Waals surface area contributed by atoms with Crippen LogP contribution in [0.25, 0.3) is 0 Å². The van der Waals surface area contributed by atoms with Gasteiger partial charge >= 0.3 is 6.09 Å². The average molecular weight is 427 g/mol. The van der Waals surface area contributed by atoms with E-state index >= 15 is 0 Å². The molecule has 3 rings (SSSR count). The summed E-state index contributed by atoms with van der Waals surface area (Å²) in [4.78, 5) is 42.2. The first-order chi connectivity index (χ1) is 14.1. The van der Waals surface area contributed by atoms with Crippen LogP contribution in [0.5, 0.6) is 0 Å². The third kappa shape index (κ3) is 7.28. The maximum atomic E-state index is 12.6.